The Morgan fingerprint density at radius 2 is 1.88 bits per heavy atom. The van der Waals surface area contributed by atoms with Gasteiger partial charge < -0.3 is 4.57 Å². The van der Waals surface area contributed by atoms with Gasteiger partial charge in [-0.1, -0.05) is 6.07 Å². The van der Waals surface area contributed by atoms with Crippen molar-refractivity contribution in [2.24, 2.45) is 5.14 Å². The highest BCUT2D eigenvalue weighted by atomic mass is 32.2. The zero-order valence-corrected chi connectivity index (χ0v) is 14.5. The van der Waals surface area contributed by atoms with Gasteiger partial charge >= 0.3 is 0 Å². The fraction of sp³-hybridized carbons (Fsp3) is 0.385. The van der Waals surface area contributed by atoms with Crippen LogP contribution in [0.1, 0.15) is 30.5 Å². The molecule has 0 bridgehead atoms. The number of primary sulfonamides is 1. The molecule has 0 amide bonds. The molecular weight excluding hydrogens is 354 g/mol. The zero-order valence-electron chi connectivity index (χ0n) is 12.9. The van der Waals surface area contributed by atoms with E-state index in [0.29, 0.717) is 11.9 Å². The molecule has 0 unspecified atom stereocenters. The average molecular weight is 371 g/mol. The molecule has 1 fully saturated rings. The Bertz CT molecular complexity index is 978. The maximum absolute atomic E-state index is 12.4. The molecule has 0 aliphatic heterocycles. The quantitative estimate of drug-likeness (QED) is 0.736. The Morgan fingerprint density at radius 3 is 2.50 bits per heavy atom. The fourth-order valence-electron chi connectivity index (χ4n) is 2.40. The summed E-state index contributed by atoms with van der Waals surface area (Å²) in [5.41, 5.74) is 0. The van der Waals surface area contributed by atoms with Gasteiger partial charge in [-0.25, -0.2) is 26.7 Å². The molecule has 0 saturated heterocycles. The number of rotatable bonds is 6. The van der Waals surface area contributed by atoms with Crippen molar-refractivity contribution in [1.29, 1.82) is 0 Å². The van der Waals surface area contributed by atoms with E-state index in [1.165, 1.54) is 18.2 Å². The fourth-order valence-corrected chi connectivity index (χ4v) is 4.06. The van der Waals surface area contributed by atoms with Gasteiger partial charge in [0.2, 0.25) is 20.0 Å². The molecule has 0 radical (unpaired) electrons. The van der Waals surface area contributed by atoms with Crippen LogP contribution in [-0.2, 0) is 26.6 Å². The summed E-state index contributed by atoms with van der Waals surface area (Å²) < 4.78 is 51.8. The van der Waals surface area contributed by atoms with E-state index in [1.54, 1.807) is 0 Å². The number of nitrogens with two attached hydrogens (primary N) is 1. The number of hydrogen-bond donors (Lipinski definition) is 2. The third-order valence-electron chi connectivity index (χ3n) is 3.71. The first-order valence-corrected chi connectivity index (χ1v) is 10.2. The van der Waals surface area contributed by atoms with Crippen LogP contribution in [0.2, 0.25) is 0 Å². The Morgan fingerprint density at radius 1 is 1.21 bits per heavy atom. The van der Waals surface area contributed by atoms with Crippen molar-refractivity contribution in [2.75, 3.05) is 0 Å². The van der Waals surface area contributed by atoms with Crippen molar-refractivity contribution in [3.8, 4) is 0 Å². The van der Waals surface area contributed by atoms with Gasteiger partial charge in [-0.05, 0) is 38.0 Å². The Hall–Kier alpha value is -1.82. The lowest BCUT2D eigenvalue weighted by Gasteiger charge is -2.09. The van der Waals surface area contributed by atoms with Crippen LogP contribution >= 0.6 is 0 Å². The molecule has 9 nitrogen and oxygen atoms in total. The first-order valence-electron chi connectivity index (χ1n) is 7.21. The summed E-state index contributed by atoms with van der Waals surface area (Å²) in [6, 6.07) is 5.21. The van der Waals surface area contributed by atoms with Crippen molar-refractivity contribution in [1.82, 2.24) is 19.5 Å². The summed E-state index contributed by atoms with van der Waals surface area (Å²) >= 11 is 0. The molecule has 2 aromatic rings. The third-order valence-corrected chi connectivity index (χ3v) is 6.02. The predicted molar refractivity (Wildman–Crippen MR) is 84.9 cm³/mol. The van der Waals surface area contributed by atoms with E-state index in [0.717, 1.165) is 24.7 Å². The molecule has 1 aromatic heterocycles. The smallest absolute Gasteiger partial charge is 0.241 e. The molecule has 1 saturated carbocycles. The lowest BCUT2D eigenvalue weighted by molar-refractivity contribution is 0.573. The summed E-state index contributed by atoms with van der Waals surface area (Å²) in [7, 11) is -7.88. The molecule has 130 valence electrons. The first kappa shape index (κ1) is 17.0. The SMILES string of the molecule is Cc1nnc(CNS(=O)(=O)c2cccc(S(N)(=O)=O)c2)n1C1CC1. The van der Waals surface area contributed by atoms with E-state index in [1.807, 2.05) is 11.5 Å². The van der Waals surface area contributed by atoms with Crippen molar-refractivity contribution in [3.63, 3.8) is 0 Å². The highest BCUT2D eigenvalue weighted by molar-refractivity contribution is 7.90. The molecule has 3 N–H and O–H groups in total. The van der Waals surface area contributed by atoms with Crippen LogP contribution < -0.4 is 9.86 Å². The molecule has 11 heteroatoms. The van der Waals surface area contributed by atoms with Gasteiger partial charge in [-0.2, -0.15) is 0 Å². The van der Waals surface area contributed by atoms with Gasteiger partial charge in [-0.3, -0.25) is 0 Å². The molecular formula is C13H17N5O4S2. The Kier molecular flexibility index (Phi) is 4.20. The lowest BCUT2D eigenvalue weighted by Crippen LogP contribution is -2.25. The highest BCUT2D eigenvalue weighted by Gasteiger charge is 2.28. The molecule has 1 aromatic carbocycles. The van der Waals surface area contributed by atoms with Gasteiger partial charge in [0.05, 0.1) is 16.3 Å². The van der Waals surface area contributed by atoms with Crippen LogP contribution in [0.5, 0.6) is 0 Å². The van der Waals surface area contributed by atoms with Crippen LogP contribution in [0.25, 0.3) is 0 Å². The summed E-state index contributed by atoms with van der Waals surface area (Å²) in [6.45, 7) is 1.79. The summed E-state index contributed by atoms with van der Waals surface area (Å²) in [4.78, 5) is -0.439. The van der Waals surface area contributed by atoms with Crippen molar-refractivity contribution < 1.29 is 16.8 Å². The van der Waals surface area contributed by atoms with Crippen LogP contribution in [0.15, 0.2) is 34.1 Å². The van der Waals surface area contributed by atoms with Gasteiger partial charge in [0.15, 0.2) is 0 Å². The standard InChI is InChI=1S/C13H17N5O4S2/c1-9-16-17-13(18(9)10-5-6-10)8-15-24(21,22)12-4-2-3-11(7-12)23(14,19)20/h2-4,7,10,15H,5-6,8H2,1H3,(H2,14,19,20). The molecule has 0 atom stereocenters. The second-order valence-electron chi connectivity index (χ2n) is 5.61. The lowest BCUT2D eigenvalue weighted by atomic mass is 10.4. The number of nitrogens with one attached hydrogen (secondary N) is 1. The number of nitrogens with zero attached hydrogens (tertiary/aromatic N) is 3. The number of aromatic nitrogens is 3. The first-order chi connectivity index (χ1) is 11.2. The molecule has 3 rings (SSSR count). The van der Waals surface area contributed by atoms with Crippen LogP contribution in [0, 0.1) is 6.92 Å². The van der Waals surface area contributed by atoms with E-state index in [9.17, 15) is 16.8 Å². The van der Waals surface area contributed by atoms with Crippen molar-refractivity contribution in [3.05, 3.63) is 35.9 Å². The molecule has 1 aliphatic rings. The minimum Gasteiger partial charge on any atom is -0.311 e. The van der Waals surface area contributed by atoms with E-state index >= 15 is 0 Å². The minimum absolute atomic E-state index is 0.0285. The third kappa shape index (κ3) is 3.48. The van der Waals surface area contributed by atoms with Gasteiger partial charge in [0.25, 0.3) is 0 Å². The largest absolute Gasteiger partial charge is 0.311 e. The van der Waals surface area contributed by atoms with E-state index in [-0.39, 0.29) is 16.3 Å². The number of hydrogen-bond acceptors (Lipinski definition) is 6. The molecule has 0 spiro atoms. The van der Waals surface area contributed by atoms with Gasteiger partial charge in [0.1, 0.15) is 11.6 Å². The van der Waals surface area contributed by atoms with Crippen molar-refractivity contribution >= 4 is 20.0 Å². The van der Waals surface area contributed by atoms with Gasteiger partial charge in [-0.15, -0.1) is 10.2 Å². The second kappa shape index (κ2) is 5.92. The number of sulfonamides is 2. The minimum atomic E-state index is -3.98. The molecule has 1 heterocycles. The number of benzene rings is 1. The Labute approximate surface area is 140 Å². The van der Waals surface area contributed by atoms with Crippen LogP contribution in [0.4, 0.5) is 0 Å². The van der Waals surface area contributed by atoms with Crippen molar-refractivity contribution in [2.45, 2.75) is 42.1 Å². The Balaban J connectivity index is 1.82. The van der Waals surface area contributed by atoms with E-state index in [4.69, 9.17) is 5.14 Å². The highest BCUT2D eigenvalue weighted by Crippen LogP contribution is 2.36. The zero-order chi connectivity index (χ0) is 17.5. The summed E-state index contributed by atoms with van der Waals surface area (Å²) in [5, 5.41) is 13.0. The second-order valence-corrected chi connectivity index (χ2v) is 8.94. The number of aryl methyl sites for hydroxylation is 1. The summed E-state index contributed by atoms with van der Waals surface area (Å²) in [5.74, 6) is 1.27. The topological polar surface area (TPSA) is 137 Å². The van der Waals surface area contributed by atoms with E-state index < -0.39 is 20.0 Å². The maximum atomic E-state index is 12.4. The monoisotopic (exact) mass is 371 g/mol. The summed E-state index contributed by atoms with van der Waals surface area (Å²) in [6.07, 6.45) is 2.05. The van der Waals surface area contributed by atoms with Crippen LogP contribution in [0.3, 0.4) is 0 Å². The predicted octanol–water partition coefficient (Wildman–Crippen LogP) is 0.0473. The maximum Gasteiger partial charge on any atom is 0.241 e. The van der Waals surface area contributed by atoms with E-state index in [2.05, 4.69) is 14.9 Å². The molecule has 1 aliphatic carbocycles. The average Bonchev–Trinajstić information content (AvgIpc) is 3.28. The normalized spacial score (nSPS) is 15.6. The van der Waals surface area contributed by atoms with Crippen LogP contribution in [-0.4, -0.2) is 31.6 Å². The van der Waals surface area contributed by atoms with Gasteiger partial charge in [0, 0.05) is 6.04 Å². The molecule has 24 heavy (non-hydrogen) atoms.